The minimum absolute atomic E-state index is 0.303. The number of esters is 1. The van der Waals surface area contributed by atoms with Gasteiger partial charge < -0.3 is 15.8 Å². The first-order valence-electron chi connectivity index (χ1n) is 9.55. The van der Waals surface area contributed by atoms with Gasteiger partial charge in [-0.25, -0.2) is 4.79 Å². The van der Waals surface area contributed by atoms with E-state index in [1.54, 1.807) is 0 Å². The molecule has 0 spiro atoms. The van der Waals surface area contributed by atoms with Crippen molar-refractivity contribution >= 4 is 35.7 Å². The van der Waals surface area contributed by atoms with Crippen LogP contribution in [0, 0.1) is 11.8 Å². The largest absolute Gasteiger partial charge is 0.462 e. The summed E-state index contributed by atoms with van der Waals surface area (Å²) in [6.07, 6.45) is 4.80. The lowest BCUT2D eigenvalue weighted by atomic mass is 9.81. The van der Waals surface area contributed by atoms with E-state index in [4.69, 9.17) is 18.3 Å². The first kappa shape index (κ1) is 18.8. The zero-order valence-corrected chi connectivity index (χ0v) is 15.5. The normalized spacial score (nSPS) is 20.1. The van der Waals surface area contributed by atoms with Gasteiger partial charge in [-0.3, -0.25) is 0 Å². The summed E-state index contributed by atoms with van der Waals surface area (Å²) < 4.78 is 5.25. The fourth-order valence-electron chi connectivity index (χ4n) is 3.95. The molecule has 0 aliphatic heterocycles. The highest BCUT2D eigenvalue weighted by atomic mass is 16.5. The molecule has 1 aliphatic rings. The van der Waals surface area contributed by atoms with Crippen molar-refractivity contribution in [3.8, 4) is 0 Å². The zero-order valence-electron chi connectivity index (χ0n) is 15.5. The molecule has 3 N–H and O–H groups in total. The van der Waals surface area contributed by atoms with E-state index >= 15 is 0 Å². The predicted octanol–water partition coefficient (Wildman–Crippen LogP) is 2.99. The number of carbonyl (C=O) groups excluding carboxylic acids is 1. The van der Waals surface area contributed by atoms with Gasteiger partial charge in [-0.15, -0.1) is 0 Å². The van der Waals surface area contributed by atoms with Gasteiger partial charge in [-0.2, -0.15) is 0 Å². The summed E-state index contributed by atoms with van der Waals surface area (Å²) in [5.74, 6) is 0.884. The second-order valence-electron chi connectivity index (χ2n) is 7.20. The van der Waals surface area contributed by atoms with E-state index in [0.29, 0.717) is 29.5 Å². The highest BCUT2D eigenvalue weighted by Crippen LogP contribution is 2.31. The Morgan fingerprint density at radius 3 is 2.81 bits per heavy atom. The Bertz CT molecular complexity index is 778. The molecule has 1 aliphatic carbocycles. The number of hydrogen-bond donors (Lipinski definition) is 2. The Morgan fingerprint density at radius 2 is 2.04 bits per heavy atom. The van der Waals surface area contributed by atoms with Gasteiger partial charge in [0.2, 0.25) is 0 Å². The molecule has 4 nitrogen and oxygen atoms in total. The van der Waals surface area contributed by atoms with Gasteiger partial charge in [0.25, 0.3) is 0 Å². The number of anilines is 1. The molecule has 0 amide bonds. The van der Waals surface area contributed by atoms with Crippen molar-refractivity contribution in [1.82, 2.24) is 0 Å². The van der Waals surface area contributed by atoms with Crippen LogP contribution in [0.5, 0.6) is 0 Å². The van der Waals surface area contributed by atoms with Crippen LogP contribution in [-0.4, -0.2) is 33.5 Å². The predicted molar refractivity (Wildman–Crippen MR) is 108 cm³/mol. The molecule has 2 aromatic carbocycles. The van der Waals surface area contributed by atoms with Crippen molar-refractivity contribution < 1.29 is 9.53 Å². The number of hydrogen-bond acceptors (Lipinski definition) is 4. The van der Waals surface area contributed by atoms with E-state index in [-0.39, 0.29) is 5.97 Å². The first-order chi connectivity index (χ1) is 12.6. The molecule has 1 fully saturated rings. The maximum Gasteiger partial charge on any atom is 0.340 e. The van der Waals surface area contributed by atoms with Crippen molar-refractivity contribution in [2.24, 2.45) is 17.6 Å². The van der Waals surface area contributed by atoms with Crippen molar-refractivity contribution in [2.45, 2.75) is 32.6 Å². The summed E-state index contributed by atoms with van der Waals surface area (Å²) in [5.41, 5.74) is 7.94. The van der Waals surface area contributed by atoms with E-state index < -0.39 is 0 Å². The molecule has 0 heterocycles. The van der Waals surface area contributed by atoms with Crippen LogP contribution in [0.1, 0.15) is 43.0 Å². The van der Waals surface area contributed by atoms with E-state index in [1.165, 1.54) is 19.3 Å². The van der Waals surface area contributed by atoms with Crippen molar-refractivity contribution in [3.05, 3.63) is 35.9 Å². The van der Waals surface area contributed by atoms with E-state index in [1.807, 2.05) is 37.3 Å². The summed E-state index contributed by atoms with van der Waals surface area (Å²) in [5, 5.41) is 5.55. The summed E-state index contributed by atoms with van der Waals surface area (Å²) in [6, 6.07) is 9.56. The van der Waals surface area contributed by atoms with Crippen molar-refractivity contribution in [3.63, 3.8) is 0 Å². The lowest BCUT2D eigenvalue weighted by Crippen LogP contribution is -2.27. The fourth-order valence-corrected chi connectivity index (χ4v) is 3.95. The Balaban J connectivity index is 1.89. The lowest BCUT2D eigenvalue weighted by Gasteiger charge is -2.29. The Morgan fingerprint density at radius 1 is 1.27 bits per heavy atom. The van der Waals surface area contributed by atoms with Crippen LogP contribution in [0.2, 0.25) is 0 Å². The Labute approximate surface area is 156 Å². The van der Waals surface area contributed by atoms with E-state index in [0.717, 1.165) is 36.0 Å². The number of benzene rings is 2. The molecule has 0 bridgehead atoms. The second kappa shape index (κ2) is 8.59. The summed E-state index contributed by atoms with van der Waals surface area (Å²) in [6.45, 7) is 3.76. The van der Waals surface area contributed by atoms with E-state index in [2.05, 4.69) is 5.32 Å². The third kappa shape index (κ3) is 4.21. The maximum absolute atomic E-state index is 12.4. The van der Waals surface area contributed by atoms with Crippen LogP contribution in [0.15, 0.2) is 30.3 Å². The zero-order chi connectivity index (χ0) is 18.5. The van der Waals surface area contributed by atoms with Crippen LogP contribution >= 0.6 is 0 Å². The third-order valence-electron chi connectivity index (χ3n) is 5.33. The third-order valence-corrected chi connectivity index (χ3v) is 5.33. The van der Waals surface area contributed by atoms with Crippen molar-refractivity contribution in [2.75, 3.05) is 25.0 Å². The maximum atomic E-state index is 12.4. The molecule has 2 aromatic rings. The molecule has 2 radical (unpaired) electrons. The smallest absolute Gasteiger partial charge is 0.340 e. The summed E-state index contributed by atoms with van der Waals surface area (Å²) in [4.78, 5) is 12.4. The van der Waals surface area contributed by atoms with Gasteiger partial charge in [0, 0.05) is 11.9 Å². The average molecular weight is 350 g/mol. The number of fused-ring (bicyclic) bond motifs is 1. The highest BCUT2D eigenvalue weighted by molar-refractivity contribution is 6.33. The van der Waals surface area contributed by atoms with Gasteiger partial charge in [0.1, 0.15) is 7.85 Å². The monoisotopic (exact) mass is 350 g/mol. The van der Waals surface area contributed by atoms with E-state index in [9.17, 15) is 4.79 Å². The van der Waals surface area contributed by atoms with Gasteiger partial charge in [0.05, 0.1) is 17.9 Å². The van der Waals surface area contributed by atoms with Crippen LogP contribution in [0.3, 0.4) is 0 Å². The SMILES string of the molecule is [B]c1ccc2ccc(C(=O)OCC)c(NCC3CCCC(CN)C3)c2c1. The topological polar surface area (TPSA) is 64.3 Å². The Kier molecular flexibility index (Phi) is 6.20. The summed E-state index contributed by atoms with van der Waals surface area (Å²) in [7, 11) is 5.99. The standard InChI is InChI=1S/C21H27BN2O2/c1-2-26-21(25)18-9-7-16-6-8-17(22)11-19(16)20(18)24-13-15-5-3-4-14(10-15)12-23/h6-9,11,14-15,24H,2-5,10,12-13,23H2,1H3. The molecular weight excluding hydrogens is 323 g/mol. The summed E-state index contributed by atoms with van der Waals surface area (Å²) >= 11 is 0. The quantitative estimate of drug-likeness (QED) is 0.621. The van der Waals surface area contributed by atoms with Gasteiger partial charge in [0.15, 0.2) is 0 Å². The fraction of sp³-hybridized carbons (Fsp3) is 0.476. The minimum Gasteiger partial charge on any atom is -0.462 e. The second-order valence-corrected chi connectivity index (χ2v) is 7.20. The highest BCUT2D eigenvalue weighted by Gasteiger charge is 2.22. The van der Waals surface area contributed by atoms with Crippen LogP contribution in [0.4, 0.5) is 5.69 Å². The molecular formula is C21H27BN2O2. The minimum atomic E-state index is -0.303. The van der Waals surface area contributed by atoms with Gasteiger partial charge >= 0.3 is 5.97 Å². The number of ether oxygens (including phenoxy) is 1. The van der Waals surface area contributed by atoms with Crippen molar-refractivity contribution in [1.29, 1.82) is 0 Å². The molecule has 26 heavy (non-hydrogen) atoms. The molecule has 0 aromatic heterocycles. The van der Waals surface area contributed by atoms with Crippen LogP contribution in [-0.2, 0) is 4.74 Å². The molecule has 136 valence electrons. The molecule has 3 rings (SSSR count). The lowest BCUT2D eigenvalue weighted by molar-refractivity contribution is 0.0527. The first-order valence-corrected chi connectivity index (χ1v) is 9.55. The van der Waals surface area contributed by atoms with Gasteiger partial charge in [-0.05, 0) is 56.0 Å². The number of nitrogens with one attached hydrogen (secondary N) is 1. The molecule has 1 saturated carbocycles. The van der Waals surface area contributed by atoms with Crippen LogP contribution < -0.4 is 16.5 Å². The number of carbonyl (C=O) groups is 1. The number of nitrogens with two attached hydrogens (primary N) is 1. The van der Waals surface area contributed by atoms with Gasteiger partial charge in [-0.1, -0.05) is 36.1 Å². The Hall–Kier alpha value is -2.01. The molecule has 2 atom stereocenters. The van der Waals surface area contributed by atoms with Crippen LogP contribution in [0.25, 0.3) is 10.8 Å². The molecule has 0 saturated heterocycles. The number of rotatable bonds is 6. The molecule has 5 heteroatoms. The molecule has 2 unspecified atom stereocenters. The average Bonchev–Trinajstić information content (AvgIpc) is 2.66.